The van der Waals surface area contributed by atoms with E-state index in [0.29, 0.717) is 9.13 Å². The molecule has 0 aliphatic heterocycles. The molecule has 0 radical (unpaired) electrons. The molecule has 2 nitrogen and oxygen atoms in total. The van der Waals surface area contributed by atoms with Gasteiger partial charge in [-0.3, -0.25) is 9.13 Å². The lowest BCUT2D eigenvalue weighted by Crippen LogP contribution is -2.81. The Labute approximate surface area is 110 Å². The van der Waals surface area contributed by atoms with Gasteiger partial charge in [-0.05, 0) is 26.2 Å². The third-order valence-electron chi connectivity index (χ3n) is 3.23. The highest BCUT2D eigenvalue weighted by Gasteiger charge is 2.80. The summed E-state index contributed by atoms with van der Waals surface area (Å²) in [6, 6.07) is 0. The van der Waals surface area contributed by atoms with Crippen molar-refractivity contribution in [2.24, 2.45) is 0 Å². The summed E-state index contributed by atoms with van der Waals surface area (Å²) in [6.45, 7) is 4.18. The molecule has 0 aliphatic rings. The van der Waals surface area contributed by atoms with Crippen LogP contribution < -0.4 is 0 Å². The Bertz CT molecular complexity index is 242. The number of alkyl halides is 6. The minimum atomic E-state index is -5.79. The summed E-state index contributed by atoms with van der Waals surface area (Å²) < 4.78 is 81.4. The van der Waals surface area contributed by atoms with Crippen molar-refractivity contribution >= 4 is 8.40 Å². The monoisotopic (exact) mass is 310 g/mol. The fourth-order valence-electron chi connectivity index (χ4n) is 2.44. The number of rotatable bonds is 6. The van der Waals surface area contributed by atoms with Crippen LogP contribution in [0.25, 0.3) is 0 Å². The summed E-state index contributed by atoms with van der Waals surface area (Å²) in [5, 5.41) is 0. The highest BCUT2D eigenvalue weighted by molar-refractivity contribution is 6.78. The van der Waals surface area contributed by atoms with Crippen LogP contribution in [0.15, 0.2) is 0 Å². The van der Waals surface area contributed by atoms with Crippen molar-refractivity contribution in [1.29, 1.82) is 0 Å². The number of hydrogen-bond acceptors (Lipinski definition) is 2. The van der Waals surface area contributed by atoms with Crippen LogP contribution in [0, 0.1) is 0 Å². The van der Waals surface area contributed by atoms with Gasteiger partial charge in [0.15, 0.2) is 0 Å². The molecular formula is C10H20F6N2Si. The maximum atomic E-state index is 13.4. The van der Waals surface area contributed by atoms with E-state index in [2.05, 4.69) is 0 Å². The quantitative estimate of drug-likeness (QED) is 0.548. The van der Waals surface area contributed by atoms with Crippen molar-refractivity contribution in [3.05, 3.63) is 0 Å². The summed E-state index contributed by atoms with van der Waals surface area (Å²) in [7, 11) is -5.79. The molecule has 0 aromatic carbocycles. The molecule has 0 amide bonds. The first-order valence-electron chi connectivity index (χ1n) is 6.17. The molecule has 19 heavy (non-hydrogen) atoms. The van der Waals surface area contributed by atoms with Gasteiger partial charge in [0.05, 0.1) is 0 Å². The van der Waals surface area contributed by atoms with Crippen molar-refractivity contribution in [1.82, 2.24) is 9.13 Å². The molecule has 0 spiro atoms. The van der Waals surface area contributed by atoms with E-state index in [-0.39, 0.29) is 26.2 Å². The fourth-order valence-corrected chi connectivity index (χ4v) is 6.43. The highest BCUT2D eigenvalue weighted by atomic mass is 28.4. The Hall–Kier alpha value is -0.283. The number of halogens is 6. The lowest BCUT2D eigenvalue weighted by atomic mass is 10.7. The highest BCUT2D eigenvalue weighted by Crippen LogP contribution is 2.45. The van der Waals surface area contributed by atoms with Crippen LogP contribution in [0.5, 0.6) is 0 Å². The second kappa shape index (κ2) is 6.44. The summed E-state index contributed by atoms with van der Waals surface area (Å²) in [6.07, 6.45) is 0. The van der Waals surface area contributed by atoms with Gasteiger partial charge in [-0.1, -0.05) is 27.7 Å². The van der Waals surface area contributed by atoms with Crippen LogP contribution in [-0.4, -0.2) is 55.3 Å². The van der Waals surface area contributed by atoms with Crippen LogP contribution >= 0.6 is 0 Å². The predicted molar refractivity (Wildman–Crippen MR) is 63.7 cm³/mol. The number of nitrogens with zero attached hydrogens (tertiary/aromatic N) is 2. The van der Waals surface area contributed by atoms with Crippen molar-refractivity contribution in [3.8, 4) is 0 Å². The largest absolute Gasteiger partial charge is 0.449 e. The molecule has 0 atom stereocenters. The Morgan fingerprint density at radius 2 is 0.842 bits per heavy atom. The van der Waals surface area contributed by atoms with Gasteiger partial charge >= 0.3 is 20.0 Å². The maximum absolute atomic E-state index is 13.4. The van der Waals surface area contributed by atoms with E-state index >= 15 is 0 Å². The average Bonchev–Trinajstić information content (AvgIpc) is 2.26. The standard InChI is InChI=1S/C10H20F6N2Si/c1-5-17(6-2)19(9(11,12)13,10(14,15)16)18(7-3)8-4/h5-8H2,1-4H3. The maximum Gasteiger partial charge on any atom is 0.449 e. The molecule has 0 aromatic rings. The van der Waals surface area contributed by atoms with Gasteiger partial charge in [-0.15, -0.1) is 0 Å². The third kappa shape index (κ3) is 3.08. The van der Waals surface area contributed by atoms with Gasteiger partial charge in [-0.2, -0.15) is 26.3 Å². The first-order chi connectivity index (χ1) is 8.54. The van der Waals surface area contributed by atoms with E-state index in [1.807, 2.05) is 0 Å². The second-order valence-corrected chi connectivity index (χ2v) is 7.76. The van der Waals surface area contributed by atoms with Gasteiger partial charge in [0.25, 0.3) is 0 Å². The Morgan fingerprint density at radius 3 is 0.947 bits per heavy atom. The van der Waals surface area contributed by atoms with Crippen LogP contribution in [0.4, 0.5) is 26.3 Å². The molecular weight excluding hydrogens is 290 g/mol. The molecule has 0 aliphatic carbocycles. The van der Waals surface area contributed by atoms with Gasteiger partial charge in [0.1, 0.15) is 0 Å². The molecule has 0 rings (SSSR count). The van der Waals surface area contributed by atoms with Gasteiger partial charge in [0.2, 0.25) is 0 Å². The first kappa shape index (κ1) is 18.7. The topological polar surface area (TPSA) is 6.48 Å². The molecule has 0 bridgehead atoms. The first-order valence-corrected chi connectivity index (χ1v) is 8.07. The molecule has 0 saturated carbocycles. The van der Waals surface area contributed by atoms with Gasteiger partial charge in [0, 0.05) is 0 Å². The van der Waals surface area contributed by atoms with E-state index in [4.69, 9.17) is 0 Å². The van der Waals surface area contributed by atoms with E-state index in [0.717, 1.165) is 0 Å². The van der Waals surface area contributed by atoms with Crippen LogP contribution in [0.1, 0.15) is 27.7 Å². The summed E-state index contributed by atoms with van der Waals surface area (Å²) in [4.78, 5) is 0. The Balaban J connectivity index is 6.18. The fraction of sp³-hybridized carbons (Fsp3) is 1.00. The van der Waals surface area contributed by atoms with Gasteiger partial charge in [-0.25, -0.2) is 0 Å². The smallest absolute Gasteiger partial charge is 0.299 e. The zero-order chi connectivity index (χ0) is 15.5. The SMILES string of the molecule is CCN(CC)[Si](N(CC)CC)(C(F)(F)F)C(F)(F)F. The zero-order valence-corrected chi connectivity index (χ0v) is 12.5. The Kier molecular flexibility index (Phi) is 6.35. The van der Waals surface area contributed by atoms with E-state index in [9.17, 15) is 26.3 Å². The summed E-state index contributed by atoms with van der Waals surface area (Å²) in [5.41, 5.74) is 0. The number of hydrogen-bond donors (Lipinski definition) is 0. The van der Waals surface area contributed by atoms with Crippen LogP contribution in [0.3, 0.4) is 0 Å². The summed E-state index contributed by atoms with van der Waals surface area (Å²) >= 11 is 0. The van der Waals surface area contributed by atoms with Gasteiger partial charge < -0.3 is 0 Å². The van der Waals surface area contributed by atoms with Crippen molar-refractivity contribution in [3.63, 3.8) is 0 Å². The average molecular weight is 310 g/mol. The second-order valence-electron chi connectivity index (χ2n) is 4.01. The molecule has 0 saturated heterocycles. The summed E-state index contributed by atoms with van der Waals surface area (Å²) in [5.74, 6) is -10.6. The molecule has 9 heteroatoms. The van der Waals surface area contributed by atoms with E-state index in [1.54, 1.807) is 0 Å². The normalized spacial score (nSPS) is 14.5. The Morgan fingerprint density at radius 1 is 0.632 bits per heavy atom. The third-order valence-corrected chi connectivity index (χ3v) is 7.91. The minimum absolute atomic E-state index is 0.280. The molecule has 0 unspecified atom stereocenters. The van der Waals surface area contributed by atoms with Crippen LogP contribution in [-0.2, 0) is 0 Å². The van der Waals surface area contributed by atoms with Crippen LogP contribution in [0.2, 0.25) is 0 Å². The van der Waals surface area contributed by atoms with Crippen molar-refractivity contribution in [2.45, 2.75) is 39.3 Å². The lowest BCUT2D eigenvalue weighted by Gasteiger charge is -2.48. The van der Waals surface area contributed by atoms with Crippen molar-refractivity contribution in [2.75, 3.05) is 26.2 Å². The molecule has 116 valence electrons. The molecule has 0 N–H and O–H groups in total. The zero-order valence-electron chi connectivity index (χ0n) is 11.5. The van der Waals surface area contributed by atoms with E-state index in [1.165, 1.54) is 27.7 Å². The lowest BCUT2D eigenvalue weighted by molar-refractivity contribution is -0.140. The van der Waals surface area contributed by atoms with Crippen molar-refractivity contribution < 1.29 is 26.3 Å². The molecule has 0 heterocycles. The minimum Gasteiger partial charge on any atom is -0.299 e. The molecule has 0 aromatic heterocycles. The van der Waals surface area contributed by atoms with E-state index < -0.39 is 20.0 Å². The predicted octanol–water partition coefficient (Wildman–Crippen LogP) is 3.32. The molecule has 0 fully saturated rings.